The average molecular weight is 340 g/mol. The minimum Gasteiger partial charge on any atom is -0.344 e. The molecule has 1 aromatic rings. The molecule has 0 unspecified atom stereocenters. The molecule has 1 heterocycles. The van der Waals surface area contributed by atoms with E-state index < -0.39 is 34.8 Å². The quantitative estimate of drug-likeness (QED) is 0.838. The SMILES string of the molecule is CCCN(C)C(=O)Cn1nc(C(C)(C)C)c(Cl)c1C(F)(F)F. The van der Waals surface area contributed by atoms with Crippen molar-refractivity contribution < 1.29 is 18.0 Å². The Labute approximate surface area is 133 Å². The van der Waals surface area contributed by atoms with Crippen molar-refractivity contribution in [1.82, 2.24) is 14.7 Å². The van der Waals surface area contributed by atoms with Crippen molar-refractivity contribution in [1.29, 1.82) is 0 Å². The Morgan fingerprint density at radius 2 is 1.86 bits per heavy atom. The van der Waals surface area contributed by atoms with Gasteiger partial charge < -0.3 is 4.90 Å². The molecule has 0 aromatic carbocycles. The van der Waals surface area contributed by atoms with Crippen molar-refractivity contribution >= 4 is 17.5 Å². The predicted octanol–water partition coefficient (Wildman–Crippen LogP) is 3.72. The summed E-state index contributed by atoms with van der Waals surface area (Å²) in [5, 5.41) is 3.51. The summed E-state index contributed by atoms with van der Waals surface area (Å²) in [4.78, 5) is 13.4. The van der Waals surface area contributed by atoms with Gasteiger partial charge in [-0.2, -0.15) is 18.3 Å². The zero-order valence-corrected chi connectivity index (χ0v) is 14.1. The fourth-order valence-corrected chi connectivity index (χ4v) is 2.54. The third-order valence-electron chi connectivity index (χ3n) is 3.14. The number of rotatable bonds is 4. The molecule has 1 aromatic heterocycles. The summed E-state index contributed by atoms with van der Waals surface area (Å²) >= 11 is 5.89. The molecule has 1 rings (SSSR count). The van der Waals surface area contributed by atoms with Crippen molar-refractivity contribution in [3.8, 4) is 0 Å². The fourth-order valence-electron chi connectivity index (χ4n) is 2.01. The van der Waals surface area contributed by atoms with Gasteiger partial charge >= 0.3 is 6.18 Å². The lowest BCUT2D eigenvalue weighted by atomic mass is 9.92. The number of carbonyl (C=O) groups excluding carboxylic acids is 1. The predicted molar refractivity (Wildman–Crippen MR) is 78.9 cm³/mol. The van der Waals surface area contributed by atoms with Gasteiger partial charge in [0.1, 0.15) is 6.54 Å². The van der Waals surface area contributed by atoms with Crippen LogP contribution in [0.3, 0.4) is 0 Å². The van der Waals surface area contributed by atoms with Gasteiger partial charge in [0.2, 0.25) is 5.91 Å². The van der Waals surface area contributed by atoms with E-state index >= 15 is 0 Å². The smallest absolute Gasteiger partial charge is 0.344 e. The first-order valence-electron chi connectivity index (χ1n) is 6.97. The Bertz CT molecular complexity index is 547. The zero-order chi connectivity index (χ0) is 17.3. The largest absolute Gasteiger partial charge is 0.434 e. The molecular weight excluding hydrogens is 319 g/mol. The molecule has 0 aliphatic rings. The number of hydrogen-bond acceptors (Lipinski definition) is 2. The van der Waals surface area contributed by atoms with E-state index in [1.807, 2.05) is 6.92 Å². The second kappa shape index (κ2) is 6.48. The van der Waals surface area contributed by atoms with Crippen molar-refractivity contribution in [2.75, 3.05) is 13.6 Å². The highest BCUT2D eigenvalue weighted by atomic mass is 35.5. The molecule has 0 atom stereocenters. The summed E-state index contributed by atoms with van der Waals surface area (Å²) in [5.41, 5.74) is -1.59. The van der Waals surface area contributed by atoms with E-state index in [0.717, 1.165) is 6.42 Å². The molecule has 0 bridgehead atoms. The van der Waals surface area contributed by atoms with Gasteiger partial charge in [-0.05, 0) is 6.42 Å². The number of hydrogen-bond donors (Lipinski definition) is 0. The number of aromatic nitrogens is 2. The lowest BCUT2D eigenvalue weighted by Crippen LogP contribution is -2.32. The molecule has 126 valence electrons. The van der Waals surface area contributed by atoms with E-state index in [2.05, 4.69) is 5.10 Å². The first-order valence-corrected chi connectivity index (χ1v) is 7.35. The normalized spacial score (nSPS) is 12.6. The maximum Gasteiger partial charge on any atom is 0.434 e. The number of amides is 1. The van der Waals surface area contributed by atoms with Gasteiger partial charge in [-0.1, -0.05) is 39.3 Å². The average Bonchev–Trinajstić information content (AvgIpc) is 2.65. The molecule has 0 aliphatic heterocycles. The summed E-state index contributed by atoms with van der Waals surface area (Å²) in [6.07, 6.45) is -3.95. The van der Waals surface area contributed by atoms with Crippen LogP contribution in [0, 0.1) is 0 Å². The van der Waals surface area contributed by atoms with Crippen LogP contribution in [0.1, 0.15) is 45.5 Å². The van der Waals surface area contributed by atoms with Crippen molar-refractivity contribution in [3.63, 3.8) is 0 Å². The Kier molecular flexibility index (Phi) is 5.54. The molecule has 22 heavy (non-hydrogen) atoms. The topological polar surface area (TPSA) is 38.1 Å². The molecule has 0 N–H and O–H groups in total. The Morgan fingerprint density at radius 3 is 2.27 bits per heavy atom. The highest BCUT2D eigenvalue weighted by Crippen LogP contribution is 2.40. The summed E-state index contributed by atoms with van der Waals surface area (Å²) < 4.78 is 40.4. The van der Waals surface area contributed by atoms with E-state index in [0.29, 0.717) is 11.2 Å². The van der Waals surface area contributed by atoms with E-state index in [1.165, 1.54) is 4.90 Å². The molecular formula is C14H21ClF3N3O. The van der Waals surface area contributed by atoms with E-state index in [-0.39, 0.29) is 5.69 Å². The Morgan fingerprint density at radius 1 is 1.32 bits per heavy atom. The third-order valence-corrected chi connectivity index (χ3v) is 3.50. The zero-order valence-electron chi connectivity index (χ0n) is 13.4. The van der Waals surface area contributed by atoms with Crippen LogP contribution < -0.4 is 0 Å². The number of alkyl halides is 3. The Balaban J connectivity index is 3.27. The van der Waals surface area contributed by atoms with E-state index in [9.17, 15) is 18.0 Å². The highest BCUT2D eigenvalue weighted by molar-refractivity contribution is 6.32. The van der Waals surface area contributed by atoms with Crippen LogP contribution in [-0.4, -0.2) is 34.2 Å². The maximum absolute atomic E-state index is 13.2. The standard InChI is InChI=1S/C14H21ClF3N3O/c1-6-7-20(5)9(22)8-21-12(14(16,17)18)10(15)11(19-21)13(2,3)4/h6-8H2,1-5H3. The van der Waals surface area contributed by atoms with Gasteiger partial charge in [0.25, 0.3) is 0 Å². The fraction of sp³-hybridized carbons (Fsp3) is 0.714. The van der Waals surface area contributed by atoms with Crippen LogP contribution in [0.2, 0.25) is 5.02 Å². The summed E-state index contributed by atoms with van der Waals surface area (Å²) in [5.74, 6) is -0.438. The van der Waals surface area contributed by atoms with Gasteiger partial charge in [0.15, 0.2) is 5.69 Å². The molecule has 1 amide bonds. The monoisotopic (exact) mass is 339 g/mol. The summed E-state index contributed by atoms with van der Waals surface area (Å²) in [6, 6.07) is 0. The molecule has 0 radical (unpaired) electrons. The molecule has 0 fully saturated rings. The van der Waals surface area contributed by atoms with Crippen LogP contribution >= 0.6 is 11.6 Å². The number of nitrogens with zero attached hydrogens (tertiary/aromatic N) is 3. The van der Waals surface area contributed by atoms with Gasteiger partial charge in [-0.15, -0.1) is 0 Å². The minimum atomic E-state index is -4.67. The summed E-state index contributed by atoms with van der Waals surface area (Å²) in [7, 11) is 1.55. The molecule has 0 spiro atoms. The first kappa shape index (κ1) is 18.8. The van der Waals surface area contributed by atoms with E-state index in [4.69, 9.17) is 11.6 Å². The van der Waals surface area contributed by atoms with Gasteiger partial charge in [-0.25, -0.2) is 4.68 Å². The minimum absolute atomic E-state index is 0.132. The second-order valence-corrected chi connectivity index (χ2v) is 6.61. The third kappa shape index (κ3) is 4.15. The van der Waals surface area contributed by atoms with E-state index in [1.54, 1.807) is 27.8 Å². The van der Waals surface area contributed by atoms with Gasteiger partial charge in [0.05, 0.1) is 10.7 Å². The lowest BCUT2D eigenvalue weighted by molar-refractivity contribution is -0.145. The van der Waals surface area contributed by atoms with Crippen molar-refractivity contribution in [2.24, 2.45) is 0 Å². The van der Waals surface area contributed by atoms with Crippen LogP contribution in [0.25, 0.3) is 0 Å². The van der Waals surface area contributed by atoms with Crippen LogP contribution in [0.5, 0.6) is 0 Å². The van der Waals surface area contributed by atoms with Gasteiger partial charge in [-0.3, -0.25) is 4.79 Å². The molecule has 8 heteroatoms. The lowest BCUT2D eigenvalue weighted by Gasteiger charge is -2.17. The highest BCUT2D eigenvalue weighted by Gasteiger charge is 2.41. The van der Waals surface area contributed by atoms with Crippen LogP contribution in [-0.2, 0) is 22.9 Å². The van der Waals surface area contributed by atoms with Crippen LogP contribution in [0.4, 0.5) is 13.2 Å². The molecule has 4 nitrogen and oxygen atoms in total. The molecule has 0 saturated carbocycles. The number of likely N-dealkylation sites (N-methyl/N-ethyl adjacent to an activating group) is 1. The summed E-state index contributed by atoms with van der Waals surface area (Å²) in [6.45, 7) is 7.03. The van der Waals surface area contributed by atoms with Gasteiger partial charge in [0, 0.05) is 19.0 Å². The number of halogens is 4. The second-order valence-electron chi connectivity index (χ2n) is 6.23. The van der Waals surface area contributed by atoms with Crippen LogP contribution in [0.15, 0.2) is 0 Å². The van der Waals surface area contributed by atoms with Crippen molar-refractivity contribution in [2.45, 2.75) is 52.3 Å². The molecule has 0 aliphatic carbocycles. The molecule has 0 saturated heterocycles. The van der Waals surface area contributed by atoms with Crippen molar-refractivity contribution in [3.05, 3.63) is 16.4 Å². The number of carbonyl (C=O) groups is 1. The Hall–Kier alpha value is -1.24. The first-order chi connectivity index (χ1) is 9.89. The maximum atomic E-state index is 13.2.